The van der Waals surface area contributed by atoms with E-state index < -0.39 is 0 Å². The van der Waals surface area contributed by atoms with Gasteiger partial charge in [0.1, 0.15) is 0 Å². The Hall–Kier alpha value is -0.430. The molecule has 9 heavy (non-hydrogen) atoms. The minimum Gasteiger partial charge on any atom is -0.363 e. The highest BCUT2D eigenvalue weighted by molar-refractivity contribution is 6.32. The fourth-order valence-electron chi connectivity index (χ4n) is 0.817. The normalized spacial score (nSPS) is 10.1. The molecule has 0 spiro atoms. The second kappa shape index (κ2) is 2.44. The molecule has 0 aliphatic rings. The van der Waals surface area contributed by atoms with Crippen LogP contribution >= 0.6 is 11.6 Å². The first-order valence-electron chi connectivity index (χ1n) is 3.08. The van der Waals surface area contributed by atoms with Crippen molar-refractivity contribution in [2.24, 2.45) is 0 Å². The summed E-state index contributed by atoms with van der Waals surface area (Å²) in [6, 6.07) is 0. The zero-order valence-electron chi connectivity index (χ0n) is 5.66. The lowest BCUT2D eigenvalue weighted by Crippen LogP contribution is -1.77. The molecule has 1 N–H and O–H groups in total. The molecule has 0 aromatic carbocycles. The molecule has 0 amide bonds. The topological polar surface area (TPSA) is 15.8 Å². The van der Waals surface area contributed by atoms with Gasteiger partial charge in [0, 0.05) is 11.9 Å². The molecule has 1 aromatic heterocycles. The number of aryl methyl sites for hydroxylation is 2. The average molecular weight is 144 g/mol. The molecule has 1 rings (SSSR count). The highest BCUT2D eigenvalue weighted by Gasteiger charge is 2.00. The minimum absolute atomic E-state index is 0.887. The van der Waals surface area contributed by atoms with Crippen molar-refractivity contribution >= 4 is 11.6 Å². The van der Waals surface area contributed by atoms with E-state index in [9.17, 15) is 0 Å². The molecule has 0 aliphatic carbocycles. The van der Waals surface area contributed by atoms with E-state index in [1.54, 1.807) is 0 Å². The molecule has 1 nitrogen and oxygen atoms in total. The Balaban J connectivity index is 3.04. The van der Waals surface area contributed by atoms with Crippen LogP contribution in [0.1, 0.15) is 18.2 Å². The highest BCUT2D eigenvalue weighted by atomic mass is 35.5. The lowest BCUT2D eigenvalue weighted by molar-refractivity contribution is 1.06. The van der Waals surface area contributed by atoms with Crippen LogP contribution in [0.25, 0.3) is 0 Å². The minimum atomic E-state index is 0.887. The number of rotatable bonds is 1. The van der Waals surface area contributed by atoms with Crippen molar-refractivity contribution in [2.45, 2.75) is 20.3 Å². The van der Waals surface area contributed by atoms with E-state index in [0.717, 1.165) is 22.7 Å². The lowest BCUT2D eigenvalue weighted by Gasteiger charge is -1.89. The summed E-state index contributed by atoms with van der Waals surface area (Å²) in [4.78, 5) is 3.09. The van der Waals surface area contributed by atoms with Crippen LogP contribution in [0, 0.1) is 6.92 Å². The van der Waals surface area contributed by atoms with Gasteiger partial charge in [0.05, 0.1) is 5.02 Å². The van der Waals surface area contributed by atoms with Gasteiger partial charge in [-0.1, -0.05) is 18.5 Å². The number of hydrogen-bond acceptors (Lipinski definition) is 0. The van der Waals surface area contributed by atoms with Gasteiger partial charge in [-0.05, 0) is 18.9 Å². The number of nitrogens with one attached hydrogen (secondary N) is 1. The quantitative estimate of drug-likeness (QED) is 0.622. The Morgan fingerprint density at radius 1 is 1.67 bits per heavy atom. The van der Waals surface area contributed by atoms with Gasteiger partial charge in [-0.15, -0.1) is 0 Å². The van der Waals surface area contributed by atoms with E-state index in [1.165, 1.54) is 0 Å². The van der Waals surface area contributed by atoms with Crippen LogP contribution in [0.5, 0.6) is 0 Å². The maximum Gasteiger partial charge on any atom is 0.0642 e. The average Bonchev–Trinajstić information content (AvgIpc) is 2.15. The van der Waals surface area contributed by atoms with Gasteiger partial charge in [-0.2, -0.15) is 0 Å². The molecule has 2 heteroatoms. The molecule has 1 heterocycles. The van der Waals surface area contributed by atoms with Crippen LogP contribution in [-0.2, 0) is 6.42 Å². The van der Waals surface area contributed by atoms with Crippen molar-refractivity contribution in [2.75, 3.05) is 0 Å². The summed E-state index contributed by atoms with van der Waals surface area (Å²) in [6.45, 7) is 4.08. The van der Waals surface area contributed by atoms with Crippen LogP contribution in [-0.4, -0.2) is 4.98 Å². The molecule has 0 aliphatic heterocycles. The maximum absolute atomic E-state index is 5.88. The van der Waals surface area contributed by atoms with E-state index in [2.05, 4.69) is 11.9 Å². The molecule has 0 saturated carbocycles. The van der Waals surface area contributed by atoms with E-state index in [1.807, 2.05) is 13.1 Å². The Morgan fingerprint density at radius 3 is 2.56 bits per heavy atom. The summed E-state index contributed by atoms with van der Waals surface area (Å²) in [5, 5.41) is 0.887. The van der Waals surface area contributed by atoms with E-state index in [0.29, 0.717) is 0 Å². The molecule has 0 fully saturated rings. The number of halogens is 1. The Kier molecular flexibility index (Phi) is 1.81. The SMILES string of the molecule is CCc1[nH]cc(C)c1Cl. The van der Waals surface area contributed by atoms with E-state index in [-0.39, 0.29) is 0 Å². The number of hydrogen-bond donors (Lipinski definition) is 1. The molecule has 1 aromatic rings. The van der Waals surface area contributed by atoms with Gasteiger partial charge >= 0.3 is 0 Å². The first-order chi connectivity index (χ1) is 4.25. The van der Waals surface area contributed by atoms with Crippen molar-refractivity contribution in [3.05, 3.63) is 22.5 Å². The fourth-order valence-corrected chi connectivity index (χ4v) is 1.06. The van der Waals surface area contributed by atoms with Gasteiger partial charge in [0.25, 0.3) is 0 Å². The summed E-state index contributed by atoms with van der Waals surface area (Å²) in [5.41, 5.74) is 2.27. The molecule has 0 bridgehead atoms. The third-order valence-corrected chi connectivity index (χ3v) is 1.95. The molecular weight excluding hydrogens is 134 g/mol. The van der Waals surface area contributed by atoms with Crippen LogP contribution in [0.4, 0.5) is 0 Å². The number of H-pyrrole nitrogens is 1. The molecule has 0 saturated heterocycles. The second-order valence-electron chi connectivity index (χ2n) is 2.12. The van der Waals surface area contributed by atoms with E-state index in [4.69, 9.17) is 11.6 Å². The fraction of sp³-hybridized carbons (Fsp3) is 0.429. The van der Waals surface area contributed by atoms with Gasteiger partial charge in [-0.3, -0.25) is 0 Å². The number of aromatic nitrogens is 1. The van der Waals surface area contributed by atoms with Crippen LogP contribution < -0.4 is 0 Å². The largest absolute Gasteiger partial charge is 0.363 e. The van der Waals surface area contributed by atoms with Gasteiger partial charge in [-0.25, -0.2) is 0 Å². The van der Waals surface area contributed by atoms with E-state index >= 15 is 0 Å². The summed E-state index contributed by atoms with van der Waals surface area (Å²) in [6.07, 6.45) is 2.91. The van der Waals surface area contributed by atoms with Crippen molar-refractivity contribution < 1.29 is 0 Å². The Labute approximate surface area is 60.0 Å². The molecule has 0 atom stereocenters. The molecular formula is C7H10ClN. The van der Waals surface area contributed by atoms with Crippen LogP contribution in [0.3, 0.4) is 0 Å². The summed E-state index contributed by atoms with van der Waals surface area (Å²) in [7, 11) is 0. The van der Waals surface area contributed by atoms with Crippen molar-refractivity contribution in [3.63, 3.8) is 0 Å². The Morgan fingerprint density at radius 2 is 2.33 bits per heavy atom. The molecule has 50 valence electrons. The molecule has 0 radical (unpaired) electrons. The summed E-state index contributed by atoms with van der Waals surface area (Å²) < 4.78 is 0. The standard InChI is InChI=1S/C7H10ClN/c1-3-6-7(8)5(2)4-9-6/h4,9H,3H2,1-2H3. The van der Waals surface area contributed by atoms with Crippen molar-refractivity contribution in [3.8, 4) is 0 Å². The lowest BCUT2D eigenvalue weighted by atomic mass is 10.3. The third kappa shape index (κ3) is 1.11. The summed E-state index contributed by atoms with van der Waals surface area (Å²) >= 11 is 5.88. The molecule has 0 unspecified atom stereocenters. The van der Waals surface area contributed by atoms with Crippen LogP contribution in [0.2, 0.25) is 5.02 Å². The maximum atomic E-state index is 5.88. The van der Waals surface area contributed by atoms with Crippen LogP contribution in [0.15, 0.2) is 6.20 Å². The zero-order chi connectivity index (χ0) is 6.85. The van der Waals surface area contributed by atoms with Gasteiger partial charge < -0.3 is 4.98 Å². The Bertz CT molecular complexity index is 203. The monoisotopic (exact) mass is 143 g/mol. The third-order valence-electron chi connectivity index (χ3n) is 1.43. The zero-order valence-corrected chi connectivity index (χ0v) is 6.42. The van der Waals surface area contributed by atoms with Gasteiger partial charge in [0.15, 0.2) is 0 Å². The first kappa shape index (κ1) is 6.69. The smallest absolute Gasteiger partial charge is 0.0642 e. The first-order valence-corrected chi connectivity index (χ1v) is 3.45. The van der Waals surface area contributed by atoms with Crippen molar-refractivity contribution in [1.29, 1.82) is 0 Å². The predicted molar refractivity (Wildman–Crippen MR) is 39.9 cm³/mol. The number of aromatic amines is 1. The predicted octanol–water partition coefficient (Wildman–Crippen LogP) is 2.54. The van der Waals surface area contributed by atoms with Crippen molar-refractivity contribution in [1.82, 2.24) is 4.98 Å². The highest BCUT2D eigenvalue weighted by Crippen LogP contribution is 2.19. The second-order valence-corrected chi connectivity index (χ2v) is 2.50. The summed E-state index contributed by atoms with van der Waals surface area (Å²) in [5.74, 6) is 0. The van der Waals surface area contributed by atoms with Gasteiger partial charge in [0.2, 0.25) is 0 Å².